The minimum Gasteiger partial charge on any atom is -0.478 e. The van der Waals surface area contributed by atoms with Gasteiger partial charge in [0.05, 0.1) is 17.9 Å². The maximum atomic E-state index is 10.9. The number of carboxylic acid groups (broad SMARTS) is 1. The van der Waals surface area contributed by atoms with Crippen LogP contribution in [0.4, 0.5) is 5.69 Å². The van der Waals surface area contributed by atoms with Gasteiger partial charge in [-0.05, 0) is 25.1 Å². The molecule has 6 heteroatoms. The number of carbonyl (C=O) groups excluding carboxylic acids is 1. The fourth-order valence-corrected chi connectivity index (χ4v) is 1.08. The van der Waals surface area contributed by atoms with Gasteiger partial charge in [-0.15, -0.1) is 0 Å². The molecule has 0 unspecified atom stereocenters. The van der Waals surface area contributed by atoms with Gasteiger partial charge in [-0.3, -0.25) is 0 Å². The first kappa shape index (κ1) is 12.8. The Bertz CT molecular complexity index is 443. The first-order valence-corrected chi connectivity index (χ1v) is 5.00. The maximum absolute atomic E-state index is 10.9. The summed E-state index contributed by atoms with van der Waals surface area (Å²) in [5.41, 5.74) is 0.506. The molecular formula is C11H12N2O4. The number of hydrogen-bond acceptors (Lipinski definition) is 5. The quantitative estimate of drug-likeness (QED) is 0.625. The lowest BCUT2D eigenvalue weighted by molar-refractivity contribution is -0.141. The van der Waals surface area contributed by atoms with E-state index in [9.17, 15) is 9.59 Å². The van der Waals surface area contributed by atoms with Gasteiger partial charge in [0, 0.05) is 0 Å². The zero-order valence-electron chi connectivity index (χ0n) is 9.29. The minimum absolute atomic E-state index is 0.123. The maximum Gasteiger partial charge on any atom is 0.335 e. The molecule has 0 heterocycles. The van der Waals surface area contributed by atoms with E-state index in [-0.39, 0.29) is 12.1 Å². The van der Waals surface area contributed by atoms with E-state index in [0.717, 1.165) is 0 Å². The average Bonchev–Trinajstić information content (AvgIpc) is 2.30. The van der Waals surface area contributed by atoms with Crippen molar-refractivity contribution in [3.63, 3.8) is 0 Å². The van der Waals surface area contributed by atoms with Gasteiger partial charge in [-0.25, -0.2) is 9.59 Å². The molecule has 1 aromatic rings. The Morgan fingerprint density at radius 2 is 2.18 bits per heavy atom. The molecule has 0 radical (unpaired) electrons. The molecule has 1 N–H and O–H groups in total. The van der Waals surface area contributed by atoms with Gasteiger partial charge in [0.25, 0.3) is 0 Å². The van der Waals surface area contributed by atoms with Crippen molar-refractivity contribution in [2.45, 2.75) is 6.92 Å². The molecule has 0 aliphatic carbocycles. The molecule has 0 aromatic heterocycles. The summed E-state index contributed by atoms with van der Waals surface area (Å²) in [5.74, 6) is -1.50. The third-order valence-electron chi connectivity index (χ3n) is 1.78. The highest BCUT2D eigenvalue weighted by molar-refractivity contribution is 5.88. The Kier molecular flexibility index (Phi) is 4.80. The molecule has 17 heavy (non-hydrogen) atoms. The zero-order valence-corrected chi connectivity index (χ0v) is 9.29. The first-order valence-electron chi connectivity index (χ1n) is 5.00. The van der Waals surface area contributed by atoms with Crippen molar-refractivity contribution < 1.29 is 19.4 Å². The lowest BCUT2D eigenvalue weighted by atomic mass is 10.2. The second kappa shape index (κ2) is 6.37. The van der Waals surface area contributed by atoms with E-state index in [1.165, 1.54) is 12.1 Å². The van der Waals surface area contributed by atoms with Gasteiger partial charge >= 0.3 is 11.9 Å². The number of aromatic carboxylic acids is 1. The Morgan fingerprint density at radius 3 is 2.82 bits per heavy atom. The lowest BCUT2D eigenvalue weighted by Gasteiger charge is -1.97. The van der Waals surface area contributed by atoms with Crippen LogP contribution < -0.4 is 0 Å². The Balaban J connectivity index is 2.62. The molecule has 90 valence electrons. The van der Waals surface area contributed by atoms with E-state index in [4.69, 9.17) is 5.11 Å². The fourth-order valence-electron chi connectivity index (χ4n) is 1.08. The number of ether oxygens (including phenoxy) is 1. The van der Waals surface area contributed by atoms with Crippen molar-refractivity contribution in [1.29, 1.82) is 0 Å². The van der Waals surface area contributed by atoms with Crippen LogP contribution >= 0.6 is 0 Å². The molecule has 0 saturated carbocycles. The van der Waals surface area contributed by atoms with Crippen LogP contribution in [0.25, 0.3) is 0 Å². The Morgan fingerprint density at radius 1 is 1.41 bits per heavy atom. The molecule has 6 nitrogen and oxygen atoms in total. The predicted molar refractivity (Wildman–Crippen MR) is 59.4 cm³/mol. The monoisotopic (exact) mass is 236 g/mol. The van der Waals surface area contributed by atoms with Gasteiger partial charge in [0.2, 0.25) is 0 Å². The van der Waals surface area contributed by atoms with Crippen molar-refractivity contribution in [1.82, 2.24) is 0 Å². The Labute approximate surface area is 97.9 Å². The van der Waals surface area contributed by atoms with Crippen LogP contribution in [0.5, 0.6) is 0 Å². The summed E-state index contributed by atoms with van der Waals surface area (Å²) in [5, 5.41) is 16.1. The van der Waals surface area contributed by atoms with E-state index >= 15 is 0 Å². The van der Waals surface area contributed by atoms with Gasteiger partial charge in [0.1, 0.15) is 0 Å². The molecule has 1 rings (SSSR count). The van der Waals surface area contributed by atoms with Crippen LogP contribution in [0.2, 0.25) is 0 Å². The highest BCUT2D eigenvalue weighted by atomic mass is 16.5. The van der Waals surface area contributed by atoms with Crippen LogP contribution in [0.15, 0.2) is 34.5 Å². The summed E-state index contributed by atoms with van der Waals surface area (Å²) in [6.45, 7) is 1.82. The lowest BCUT2D eigenvalue weighted by Crippen LogP contribution is -2.06. The van der Waals surface area contributed by atoms with Crippen LogP contribution in [-0.2, 0) is 9.53 Å². The molecule has 0 amide bonds. The van der Waals surface area contributed by atoms with E-state index in [2.05, 4.69) is 15.0 Å². The van der Waals surface area contributed by atoms with Crippen molar-refractivity contribution in [3.05, 3.63) is 29.8 Å². The van der Waals surface area contributed by atoms with Gasteiger partial charge < -0.3 is 9.84 Å². The third-order valence-corrected chi connectivity index (χ3v) is 1.78. The summed E-state index contributed by atoms with van der Waals surface area (Å²) >= 11 is 0. The summed E-state index contributed by atoms with van der Waals surface area (Å²) in [6, 6.07) is 5.98. The van der Waals surface area contributed by atoms with Gasteiger partial charge in [0.15, 0.2) is 6.54 Å². The number of carboxylic acids is 1. The normalized spacial score (nSPS) is 10.4. The SMILES string of the molecule is CCOC(=O)CN=Nc1cccc(C(=O)O)c1. The Hall–Kier alpha value is -2.24. The summed E-state index contributed by atoms with van der Waals surface area (Å²) in [7, 11) is 0. The molecule has 0 fully saturated rings. The number of esters is 1. The number of carbonyl (C=O) groups is 2. The highest BCUT2D eigenvalue weighted by Gasteiger charge is 2.02. The average molecular weight is 236 g/mol. The second-order valence-corrected chi connectivity index (χ2v) is 3.06. The van der Waals surface area contributed by atoms with E-state index in [1.807, 2.05) is 0 Å². The van der Waals surface area contributed by atoms with Crippen molar-refractivity contribution in [2.75, 3.05) is 13.2 Å². The molecule has 0 aliphatic rings. The highest BCUT2D eigenvalue weighted by Crippen LogP contribution is 2.14. The molecule has 0 bridgehead atoms. The smallest absolute Gasteiger partial charge is 0.335 e. The first-order chi connectivity index (χ1) is 8.13. The molecule has 0 aliphatic heterocycles. The number of nitrogens with zero attached hydrogens (tertiary/aromatic N) is 2. The number of rotatable bonds is 5. The largest absolute Gasteiger partial charge is 0.478 e. The number of azo groups is 1. The van der Waals surface area contributed by atoms with E-state index in [1.54, 1.807) is 19.1 Å². The molecule has 0 spiro atoms. The van der Waals surface area contributed by atoms with Gasteiger partial charge in [-0.1, -0.05) is 6.07 Å². The van der Waals surface area contributed by atoms with Crippen LogP contribution in [0, 0.1) is 0 Å². The summed E-state index contributed by atoms with van der Waals surface area (Å²) in [6.07, 6.45) is 0. The van der Waals surface area contributed by atoms with E-state index in [0.29, 0.717) is 12.3 Å². The van der Waals surface area contributed by atoms with Crippen LogP contribution in [0.1, 0.15) is 17.3 Å². The number of hydrogen-bond donors (Lipinski definition) is 1. The minimum atomic E-state index is -1.03. The van der Waals surface area contributed by atoms with Crippen LogP contribution in [-0.4, -0.2) is 30.2 Å². The summed E-state index contributed by atoms with van der Waals surface area (Å²) < 4.78 is 4.65. The second-order valence-electron chi connectivity index (χ2n) is 3.06. The van der Waals surface area contributed by atoms with Crippen molar-refractivity contribution in [3.8, 4) is 0 Å². The zero-order chi connectivity index (χ0) is 12.7. The molecule has 1 aromatic carbocycles. The molecule has 0 atom stereocenters. The molecular weight excluding hydrogens is 224 g/mol. The standard InChI is InChI=1S/C11H12N2O4/c1-2-17-10(14)7-12-13-9-5-3-4-8(6-9)11(15)16/h3-6H,2,7H2,1H3,(H,15,16). The number of benzene rings is 1. The van der Waals surface area contributed by atoms with Crippen LogP contribution in [0.3, 0.4) is 0 Å². The van der Waals surface area contributed by atoms with E-state index < -0.39 is 11.9 Å². The van der Waals surface area contributed by atoms with Crippen molar-refractivity contribution >= 4 is 17.6 Å². The fraction of sp³-hybridized carbons (Fsp3) is 0.273. The predicted octanol–water partition coefficient (Wildman–Crippen LogP) is 2.03. The molecule has 0 saturated heterocycles. The third kappa shape index (κ3) is 4.42. The van der Waals surface area contributed by atoms with Crippen molar-refractivity contribution in [2.24, 2.45) is 10.2 Å². The topological polar surface area (TPSA) is 88.3 Å². The summed E-state index contributed by atoms with van der Waals surface area (Å²) in [4.78, 5) is 21.6. The van der Waals surface area contributed by atoms with Gasteiger partial charge in [-0.2, -0.15) is 10.2 Å².